The van der Waals surface area contributed by atoms with Crippen LogP contribution in [0.15, 0.2) is 54.7 Å². The third-order valence-electron chi connectivity index (χ3n) is 6.56. The van der Waals surface area contributed by atoms with Crippen LogP contribution in [0.4, 0.5) is 13.2 Å². The van der Waals surface area contributed by atoms with E-state index in [1.54, 1.807) is 56.3 Å². The summed E-state index contributed by atoms with van der Waals surface area (Å²) in [6, 6.07) is 11.0. The van der Waals surface area contributed by atoms with Gasteiger partial charge in [0, 0.05) is 11.6 Å². The molecule has 2 aliphatic heterocycles. The van der Waals surface area contributed by atoms with Gasteiger partial charge in [0.25, 0.3) is 6.43 Å². The van der Waals surface area contributed by atoms with Crippen molar-refractivity contribution < 1.29 is 51.2 Å². The number of ether oxygens (including phenoxy) is 2. The molecule has 0 aliphatic carbocycles. The molecule has 1 amide bonds. The first kappa shape index (κ1) is 32.1. The first-order valence-electron chi connectivity index (χ1n) is 13.0. The summed E-state index contributed by atoms with van der Waals surface area (Å²) in [5, 5.41) is 14.6. The summed E-state index contributed by atoms with van der Waals surface area (Å²) in [5.41, 5.74) is -3.09. The van der Waals surface area contributed by atoms with Crippen molar-refractivity contribution in [3.63, 3.8) is 0 Å². The van der Waals surface area contributed by atoms with Crippen LogP contribution in [0, 0.1) is 0 Å². The van der Waals surface area contributed by atoms with Crippen LogP contribution in [0.2, 0.25) is 0 Å². The number of halogens is 3. The van der Waals surface area contributed by atoms with Crippen molar-refractivity contribution in [2.75, 3.05) is 6.61 Å². The molecule has 2 heterocycles. The molecular weight excluding hydrogens is 600 g/mol. The molecule has 228 valence electrons. The highest BCUT2D eigenvalue weighted by atomic mass is 32.5. The smallest absolute Gasteiger partial charge is 0.323 e. The van der Waals surface area contributed by atoms with Gasteiger partial charge >= 0.3 is 12.6 Å². The molecule has 2 aromatic carbocycles. The van der Waals surface area contributed by atoms with E-state index in [1.165, 1.54) is 6.92 Å². The van der Waals surface area contributed by atoms with E-state index in [9.17, 15) is 28.3 Å². The van der Waals surface area contributed by atoms with Crippen LogP contribution in [-0.4, -0.2) is 76.9 Å². The highest BCUT2D eigenvalue weighted by Gasteiger charge is 2.63. The van der Waals surface area contributed by atoms with Gasteiger partial charge in [-0.2, -0.15) is 0 Å². The molecule has 0 aromatic heterocycles. The maximum absolute atomic E-state index is 15.5. The molecule has 1 fully saturated rings. The second-order valence-corrected chi connectivity index (χ2v) is 13.2. The second kappa shape index (κ2) is 12.8. The molecule has 0 radical (unpaired) electrons. The highest BCUT2D eigenvalue weighted by Crippen LogP contribution is 2.50. The number of amides is 1. The molecule has 1 saturated heterocycles. The van der Waals surface area contributed by atoms with Gasteiger partial charge in [-0.1, -0.05) is 36.4 Å². The summed E-state index contributed by atoms with van der Waals surface area (Å²) in [5.74, 6) is -1.94. The van der Waals surface area contributed by atoms with Gasteiger partial charge in [0.2, 0.25) is 5.91 Å². The number of allylic oxidation sites excluding steroid dienone is 1. The maximum atomic E-state index is 15.5. The SMILES string of the molecule is CC(C)OC(=O)[C@H](C)NP(=S)(OC[C@@]1(C(F)F)O[C@@H](N2C=CC(=O)CC2=O)[C@H](O)[C@@H]1F)Oc1cccc2ccccc12. The predicted molar refractivity (Wildman–Crippen MR) is 149 cm³/mol. The Kier molecular flexibility index (Phi) is 9.75. The van der Waals surface area contributed by atoms with E-state index in [2.05, 4.69) is 5.09 Å². The number of rotatable bonds is 11. The standard InChI is InChI=1S/C27H30F3N2O8PS/c1-15(2)38-25(36)16(3)31-41(42,40-20-10-6-8-17-7-4-5-9-19(17)20)37-14-27(26(29)30)23(28)22(35)24(39-27)32-12-11-18(33)13-21(32)34/h4-12,15-16,22-24,26,35H,13-14H2,1-3H3,(H,31,42)/t16-,22+,23-,24+,27+,41?/m0/s1. The fraction of sp³-hybridized carbons (Fsp3) is 0.444. The van der Waals surface area contributed by atoms with Crippen LogP contribution in [0.5, 0.6) is 5.75 Å². The third-order valence-corrected chi connectivity index (χ3v) is 9.03. The minimum atomic E-state index is -3.97. The summed E-state index contributed by atoms with van der Waals surface area (Å²) < 4.78 is 67.0. The normalized spacial score (nSPS) is 26.6. The van der Waals surface area contributed by atoms with Crippen molar-refractivity contribution in [3.05, 3.63) is 54.7 Å². The van der Waals surface area contributed by atoms with Crippen LogP contribution < -0.4 is 9.61 Å². The molecule has 15 heteroatoms. The monoisotopic (exact) mass is 630 g/mol. The van der Waals surface area contributed by atoms with E-state index in [4.69, 9.17) is 30.3 Å². The Balaban J connectivity index is 1.65. The Labute approximate surface area is 245 Å². The molecule has 2 N–H and O–H groups in total. The first-order chi connectivity index (χ1) is 19.8. The molecule has 2 aliphatic rings. The van der Waals surface area contributed by atoms with Crippen LogP contribution >= 0.6 is 6.64 Å². The maximum Gasteiger partial charge on any atom is 0.323 e. The largest absolute Gasteiger partial charge is 0.462 e. The van der Waals surface area contributed by atoms with E-state index in [0.29, 0.717) is 10.3 Å². The van der Waals surface area contributed by atoms with Crippen LogP contribution in [0.25, 0.3) is 10.8 Å². The Morgan fingerprint density at radius 3 is 2.57 bits per heavy atom. The van der Waals surface area contributed by atoms with E-state index in [-0.39, 0.29) is 5.75 Å². The average Bonchev–Trinajstić information content (AvgIpc) is 3.18. The number of nitrogens with zero attached hydrogens (tertiary/aromatic N) is 1. The second-order valence-electron chi connectivity index (χ2n) is 10.1. The number of fused-ring (bicyclic) bond motifs is 1. The number of carbonyl (C=O) groups excluding carboxylic acids is 3. The van der Waals surface area contributed by atoms with Gasteiger partial charge in [0.05, 0.1) is 19.1 Å². The van der Waals surface area contributed by atoms with Gasteiger partial charge in [0.15, 0.2) is 23.8 Å². The number of ketones is 1. The third kappa shape index (κ3) is 6.69. The van der Waals surface area contributed by atoms with Crippen molar-refractivity contribution in [1.29, 1.82) is 0 Å². The number of aliphatic hydroxyl groups excluding tert-OH is 1. The fourth-order valence-corrected chi connectivity index (χ4v) is 6.86. The number of benzene rings is 2. The molecule has 42 heavy (non-hydrogen) atoms. The molecule has 0 bridgehead atoms. The summed E-state index contributed by atoms with van der Waals surface area (Å²) in [7, 11) is 0. The van der Waals surface area contributed by atoms with E-state index >= 15 is 4.39 Å². The molecular formula is C27H30F3N2O8PS. The summed E-state index contributed by atoms with van der Waals surface area (Å²) >= 11 is 5.63. The quantitative estimate of drug-likeness (QED) is 0.216. The Bertz CT molecular complexity index is 1420. The summed E-state index contributed by atoms with van der Waals surface area (Å²) in [4.78, 5) is 37.1. The Hall–Kier alpha value is -2.87. The molecule has 2 aromatic rings. The van der Waals surface area contributed by atoms with E-state index in [0.717, 1.165) is 17.7 Å². The number of hydrogen-bond donors (Lipinski definition) is 2. The van der Waals surface area contributed by atoms with Crippen molar-refractivity contribution in [3.8, 4) is 5.75 Å². The lowest BCUT2D eigenvalue weighted by Crippen LogP contribution is -2.51. The topological polar surface area (TPSA) is 124 Å². The number of aliphatic hydroxyl groups is 1. The lowest BCUT2D eigenvalue weighted by atomic mass is 9.98. The lowest BCUT2D eigenvalue weighted by molar-refractivity contribution is -0.192. The molecule has 1 unspecified atom stereocenters. The lowest BCUT2D eigenvalue weighted by Gasteiger charge is -2.34. The Morgan fingerprint density at radius 1 is 1.21 bits per heavy atom. The van der Waals surface area contributed by atoms with Gasteiger partial charge in [-0.05, 0) is 50.1 Å². The zero-order valence-electron chi connectivity index (χ0n) is 22.8. The van der Waals surface area contributed by atoms with Crippen LogP contribution in [0.3, 0.4) is 0 Å². The predicted octanol–water partition coefficient (Wildman–Crippen LogP) is 3.76. The van der Waals surface area contributed by atoms with Crippen molar-refractivity contribution in [2.45, 2.75) is 69.9 Å². The number of esters is 1. The van der Waals surface area contributed by atoms with Gasteiger partial charge in [-0.15, -0.1) is 0 Å². The number of alkyl halides is 3. The molecule has 4 rings (SSSR count). The molecule has 0 spiro atoms. The van der Waals surface area contributed by atoms with Gasteiger partial charge < -0.3 is 23.6 Å². The summed E-state index contributed by atoms with van der Waals surface area (Å²) in [6.07, 6.45) is -9.55. The van der Waals surface area contributed by atoms with Gasteiger partial charge in [0.1, 0.15) is 17.9 Å². The molecule has 10 nitrogen and oxygen atoms in total. The fourth-order valence-electron chi connectivity index (χ4n) is 4.44. The zero-order valence-corrected chi connectivity index (χ0v) is 24.5. The highest BCUT2D eigenvalue weighted by molar-refractivity contribution is 8.09. The van der Waals surface area contributed by atoms with Crippen molar-refractivity contribution >= 4 is 46.9 Å². The summed E-state index contributed by atoms with van der Waals surface area (Å²) in [6.45, 7) is -0.527. The van der Waals surface area contributed by atoms with E-state index < -0.39 is 80.0 Å². The number of nitrogens with one attached hydrogen (secondary N) is 1. The van der Waals surface area contributed by atoms with Crippen LogP contribution in [0.1, 0.15) is 27.2 Å². The number of hydrogen-bond acceptors (Lipinski definition) is 9. The Morgan fingerprint density at radius 2 is 1.90 bits per heavy atom. The number of carbonyl (C=O) groups is 3. The minimum absolute atomic E-state index is 0.204. The average molecular weight is 631 g/mol. The van der Waals surface area contributed by atoms with Crippen molar-refractivity contribution in [2.24, 2.45) is 0 Å². The van der Waals surface area contributed by atoms with E-state index in [1.807, 2.05) is 0 Å². The van der Waals surface area contributed by atoms with Gasteiger partial charge in [-0.25, -0.2) is 18.3 Å². The molecule has 6 atom stereocenters. The minimum Gasteiger partial charge on any atom is -0.462 e. The zero-order chi connectivity index (χ0) is 30.8. The van der Waals surface area contributed by atoms with Crippen LogP contribution in [-0.2, 0) is 40.2 Å². The van der Waals surface area contributed by atoms with Crippen molar-refractivity contribution in [1.82, 2.24) is 9.99 Å². The molecule has 0 saturated carbocycles. The van der Waals surface area contributed by atoms with Gasteiger partial charge in [-0.3, -0.25) is 19.3 Å². The first-order valence-corrected chi connectivity index (χ1v) is 15.6.